The second kappa shape index (κ2) is 9.01. The number of rotatable bonds is 7. The van der Waals surface area contributed by atoms with Gasteiger partial charge in [0.15, 0.2) is 0 Å². The van der Waals surface area contributed by atoms with E-state index in [1.807, 2.05) is 37.2 Å². The molecule has 0 unspecified atom stereocenters. The lowest BCUT2D eigenvalue weighted by Gasteiger charge is -2.09. The molecular weight excluding hydrogens is 288 g/mol. The zero-order valence-corrected chi connectivity index (χ0v) is 12.9. The normalized spacial score (nSPS) is 11.1. The van der Waals surface area contributed by atoms with Crippen molar-refractivity contribution < 1.29 is 4.79 Å². The van der Waals surface area contributed by atoms with Gasteiger partial charge < -0.3 is 15.5 Å². The molecule has 0 aliphatic carbocycles. The fourth-order valence-corrected chi connectivity index (χ4v) is 1.62. The van der Waals surface area contributed by atoms with Gasteiger partial charge in [-0.3, -0.25) is 4.79 Å². The summed E-state index contributed by atoms with van der Waals surface area (Å²) >= 11 is 5.79. The first-order chi connectivity index (χ1) is 10.0. The summed E-state index contributed by atoms with van der Waals surface area (Å²) in [5.74, 6) is -0.398. The Labute approximate surface area is 130 Å². The zero-order chi connectivity index (χ0) is 15.7. The third-order valence-electron chi connectivity index (χ3n) is 2.68. The van der Waals surface area contributed by atoms with Gasteiger partial charge in [-0.2, -0.15) is 5.26 Å². The fraction of sp³-hybridized carbons (Fsp3) is 0.333. The maximum atomic E-state index is 11.9. The van der Waals surface area contributed by atoms with Crippen molar-refractivity contribution in [3.63, 3.8) is 0 Å². The van der Waals surface area contributed by atoms with Crippen LogP contribution in [0.1, 0.15) is 5.56 Å². The Morgan fingerprint density at radius 3 is 2.62 bits per heavy atom. The molecule has 21 heavy (non-hydrogen) atoms. The van der Waals surface area contributed by atoms with E-state index < -0.39 is 5.91 Å². The molecule has 112 valence electrons. The molecule has 1 rings (SSSR count). The Morgan fingerprint density at radius 2 is 2.05 bits per heavy atom. The van der Waals surface area contributed by atoms with Crippen molar-refractivity contribution in [2.24, 2.45) is 0 Å². The minimum absolute atomic E-state index is 0.0581. The lowest BCUT2D eigenvalue weighted by molar-refractivity contribution is -0.117. The summed E-state index contributed by atoms with van der Waals surface area (Å²) in [5, 5.41) is 15.3. The highest BCUT2D eigenvalue weighted by Crippen LogP contribution is 2.09. The van der Waals surface area contributed by atoms with E-state index in [4.69, 9.17) is 16.9 Å². The van der Waals surface area contributed by atoms with Crippen LogP contribution in [-0.2, 0) is 11.3 Å². The topological polar surface area (TPSA) is 68.2 Å². The first-order valence-electron chi connectivity index (χ1n) is 6.54. The van der Waals surface area contributed by atoms with E-state index in [0.717, 1.165) is 12.1 Å². The van der Waals surface area contributed by atoms with E-state index in [0.29, 0.717) is 18.1 Å². The largest absolute Gasteiger partial charge is 0.388 e. The molecule has 0 saturated heterocycles. The number of halogens is 1. The average Bonchev–Trinajstić information content (AvgIpc) is 2.46. The van der Waals surface area contributed by atoms with E-state index in [1.54, 1.807) is 12.1 Å². The molecule has 0 aromatic heterocycles. The highest BCUT2D eigenvalue weighted by Gasteiger charge is 2.08. The Morgan fingerprint density at radius 1 is 1.38 bits per heavy atom. The molecule has 0 spiro atoms. The smallest absolute Gasteiger partial charge is 0.263 e. The van der Waals surface area contributed by atoms with E-state index >= 15 is 0 Å². The second-order valence-electron chi connectivity index (χ2n) is 4.74. The van der Waals surface area contributed by atoms with Crippen molar-refractivity contribution in [1.29, 1.82) is 5.26 Å². The summed E-state index contributed by atoms with van der Waals surface area (Å²) in [5.41, 5.74) is 0.980. The molecule has 6 heteroatoms. The molecule has 0 fully saturated rings. The molecule has 0 atom stereocenters. The van der Waals surface area contributed by atoms with Gasteiger partial charge in [0, 0.05) is 30.9 Å². The van der Waals surface area contributed by atoms with Crippen molar-refractivity contribution in [2.45, 2.75) is 6.54 Å². The standard InChI is InChI=1S/C15H19ClN4O/c1-20(2)8-7-18-11-13(9-17)15(21)19-10-12-3-5-14(16)6-4-12/h3-6,11,18H,7-8,10H2,1-2H3,(H,19,21)/b13-11-. The van der Waals surface area contributed by atoms with Crippen LogP contribution in [0, 0.1) is 11.3 Å². The summed E-state index contributed by atoms with van der Waals surface area (Å²) in [6.45, 7) is 1.84. The number of carbonyl (C=O) groups is 1. The summed E-state index contributed by atoms with van der Waals surface area (Å²) in [6.07, 6.45) is 1.45. The van der Waals surface area contributed by atoms with Gasteiger partial charge in [-0.25, -0.2) is 0 Å². The van der Waals surface area contributed by atoms with Crippen LogP contribution >= 0.6 is 11.6 Å². The second-order valence-corrected chi connectivity index (χ2v) is 5.17. The van der Waals surface area contributed by atoms with Crippen LogP contribution in [0.15, 0.2) is 36.0 Å². The fourth-order valence-electron chi connectivity index (χ4n) is 1.49. The van der Waals surface area contributed by atoms with Crippen molar-refractivity contribution in [1.82, 2.24) is 15.5 Å². The number of nitriles is 1. The number of hydrogen-bond acceptors (Lipinski definition) is 4. The van der Waals surface area contributed by atoms with Gasteiger partial charge in [0.25, 0.3) is 5.91 Å². The third kappa shape index (κ3) is 6.80. The lowest BCUT2D eigenvalue weighted by atomic mass is 10.2. The number of nitrogens with one attached hydrogen (secondary N) is 2. The molecule has 0 radical (unpaired) electrons. The van der Waals surface area contributed by atoms with Gasteiger partial charge in [-0.05, 0) is 31.8 Å². The van der Waals surface area contributed by atoms with Crippen LogP contribution in [0.4, 0.5) is 0 Å². The van der Waals surface area contributed by atoms with Crippen LogP contribution in [0.3, 0.4) is 0 Å². The van der Waals surface area contributed by atoms with Crippen molar-refractivity contribution in [3.8, 4) is 6.07 Å². The molecule has 1 aromatic rings. The Balaban J connectivity index is 2.46. The number of carbonyl (C=O) groups excluding carboxylic acids is 1. The summed E-state index contributed by atoms with van der Waals surface area (Å²) in [6, 6.07) is 9.06. The highest BCUT2D eigenvalue weighted by atomic mass is 35.5. The van der Waals surface area contributed by atoms with E-state index in [9.17, 15) is 4.79 Å². The van der Waals surface area contributed by atoms with Crippen LogP contribution < -0.4 is 10.6 Å². The number of hydrogen-bond donors (Lipinski definition) is 2. The minimum atomic E-state index is -0.398. The third-order valence-corrected chi connectivity index (χ3v) is 2.93. The van der Waals surface area contributed by atoms with Gasteiger partial charge in [-0.15, -0.1) is 0 Å². The number of nitrogens with zero attached hydrogens (tertiary/aromatic N) is 2. The van der Waals surface area contributed by atoms with Crippen LogP contribution in [0.5, 0.6) is 0 Å². The lowest BCUT2D eigenvalue weighted by Crippen LogP contribution is -2.27. The molecule has 0 heterocycles. The monoisotopic (exact) mass is 306 g/mol. The van der Waals surface area contributed by atoms with Gasteiger partial charge in [-0.1, -0.05) is 23.7 Å². The SMILES string of the molecule is CN(C)CCN/C=C(/C#N)C(=O)NCc1ccc(Cl)cc1. The average molecular weight is 307 g/mol. The van der Waals surface area contributed by atoms with E-state index in [2.05, 4.69) is 10.6 Å². The van der Waals surface area contributed by atoms with Gasteiger partial charge >= 0.3 is 0 Å². The summed E-state index contributed by atoms with van der Waals surface area (Å²) in [7, 11) is 3.91. The highest BCUT2D eigenvalue weighted by molar-refractivity contribution is 6.30. The number of benzene rings is 1. The first kappa shape index (κ1) is 17.0. The zero-order valence-electron chi connectivity index (χ0n) is 12.2. The van der Waals surface area contributed by atoms with Crippen molar-refractivity contribution >= 4 is 17.5 Å². The van der Waals surface area contributed by atoms with Gasteiger partial charge in [0.2, 0.25) is 0 Å². The first-order valence-corrected chi connectivity index (χ1v) is 6.91. The molecule has 1 aromatic carbocycles. The predicted octanol–water partition coefficient (Wildman–Crippen LogP) is 1.51. The Kier molecular flexibility index (Phi) is 7.30. The van der Waals surface area contributed by atoms with Gasteiger partial charge in [0.05, 0.1) is 0 Å². The maximum absolute atomic E-state index is 11.9. The Bertz CT molecular complexity index is 532. The molecule has 0 bridgehead atoms. The molecular formula is C15H19ClN4O. The van der Waals surface area contributed by atoms with Gasteiger partial charge in [0.1, 0.15) is 11.6 Å². The minimum Gasteiger partial charge on any atom is -0.388 e. The van der Waals surface area contributed by atoms with Crippen molar-refractivity contribution in [2.75, 3.05) is 27.2 Å². The predicted molar refractivity (Wildman–Crippen MR) is 83.6 cm³/mol. The van der Waals surface area contributed by atoms with Crippen LogP contribution in [0.25, 0.3) is 0 Å². The quantitative estimate of drug-likeness (QED) is 0.455. The van der Waals surface area contributed by atoms with Crippen LogP contribution in [-0.4, -0.2) is 38.0 Å². The molecule has 2 N–H and O–H groups in total. The molecule has 0 saturated carbocycles. The number of likely N-dealkylation sites (N-methyl/N-ethyl adjacent to an activating group) is 1. The maximum Gasteiger partial charge on any atom is 0.263 e. The Hall–Kier alpha value is -2.03. The molecule has 5 nitrogen and oxygen atoms in total. The van der Waals surface area contributed by atoms with E-state index in [-0.39, 0.29) is 5.57 Å². The number of amides is 1. The molecule has 1 amide bonds. The summed E-state index contributed by atoms with van der Waals surface area (Å²) in [4.78, 5) is 13.9. The molecule has 0 aliphatic rings. The van der Waals surface area contributed by atoms with E-state index in [1.165, 1.54) is 6.20 Å². The van der Waals surface area contributed by atoms with Crippen molar-refractivity contribution in [3.05, 3.63) is 46.6 Å². The summed E-state index contributed by atoms with van der Waals surface area (Å²) < 4.78 is 0. The van der Waals surface area contributed by atoms with Crippen LogP contribution in [0.2, 0.25) is 5.02 Å². The molecule has 0 aliphatic heterocycles.